The summed E-state index contributed by atoms with van der Waals surface area (Å²) in [4.78, 5) is 4.39. The van der Waals surface area contributed by atoms with Gasteiger partial charge in [-0.15, -0.1) is 0 Å². The van der Waals surface area contributed by atoms with Crippen LogP contribution in [0.3, 0.4) is 0 Å². The highest BCUT2D eigenvalue weighted by Gasteiger charge is 2.26. The van der Waals surface area contributed by atoms with E-state index in [1.54, 1.807) is 0 Å². The minimum Gasteiger partial charge on any atom is -0.368 e. The first-order valence-corrected chi connectivity index (χ1v) is 6.21. The standard InChI is InChI=1S/C11H17N3O3/c1-2-5-15-8(3-1)11-13-10(14-17-11)9-7-12-4-6-16-9/h8-9,12H,1-7H2. The van der Waals surface area contributed by atoms with Crippen LogP contribution in [0.2, 0.25) is 0 Å². The minimum atomic E-state index is -0.0927. The number of hydrogen-bond donors (Lipinski definition) is 1. The Morgan fingerprint density at radius 1 is 1.12 bits per heavy atom. The molecule has 17 heavy (non-hydrogen) atoms. The van der Waals surface area contributed by atoms with Crippen LogP contribution in [-0.4, -0.2) is 36.4 Å². The topological polar surface area (TPSA) is 69.4 Å². The predicted octanol–water partition coefficient (Wildman–Crippen LogP) is 0.972. The van der Waals surface area contributed by atoms with Crippen molar-refractivity contribution in [3.05, 3.63) is 11.7 Å². The maximum absolute atomic E-state index is 5.61. The second-order valence-corrected chi connectivity index (χ2v) is 4.41. The molecule has 3 rings (SSSR count). The van der Waals surface area contributed by atoms with Gasteiger partial charge >= 0.3 is 0 Å². The molecule has 0 spiro atoms. The fraction of sp³-hybridized carbons (Fsp3) is 0.818. The molecule has 6 heteroatoms. The molecule has 1 aromatic rings. The van der Waals surface area contributed by atoms with Crippen LogP contribution < -0.4 is 5.32 Å². The molecule has 0 aromatic carbocycles. The normalized spacial score (nSPS) is 30.4. The Morgan fingerprint density at radius 3 is 2.82 bits per heavy atom. The zero-order chi connectivity index (χ0) is 11.5. The van der Waals surface area contributed by atoms with Gasteiger partial charge in [0.25, 0.3) is 5.89 Å². The molecule has 1 N–H and O–H groups in total. The van der Waals surface area contributed by atoms with Crippen LogP contribution in [0.5, 0.6) is 0 Å². The Morgan fingerprint density at radius 2 is 2.06 bits per heavy atom. The Hall–Kier alpha value is -0.980. The number of aromatic nitrogens is 2. The third-order valence-corrected chi connectivity index (χ3v) is 3.13. The largest absolute Gasteiger partial charge is 0.368 e. The molecule has 0 saturated carbocycles. The van der Waals surface area contributed by atoms with Gasteiger partial charge in [-0.3, -0.25) is 0 Å². The molecule has 0 radical (unpaired) electrons. The first kappa shape index (κ1) is 11.1. The summed E-state index contributed by atoms with van der Waals surface area (Å²) in [6.07, 6.45) is 3.12. The van der Waals surface area contributed by atoms with E-state index in [0.717, 1.165) is 39.0 Å². The highest BCUT2D eigenvalue weighted by molar-refractivity contribution is 4.96. The highest BCUT2D eigenvalue weighted by Crippen LogP contribution is 2.27. The smallest absolute Gasteiger partial charge is 0.255 e. The first-order valence-electron chi connectivity index (χ1n) is 6.21. The van der Waals surface area contributed by atoms with Gasteiger partial charge in [-0.05, 0) is 19.3 Å². The summed E-state index contributed by atoms with van der Waals surface area (Å²) in [6, 6.07) is 0. The van der Waals surface area contributed by atoms with Crippen molar-refractivity contribution in [1.82, 2.24) is 15.5 Å². The average molecular weight is 239 g/mol. The summed E-state index contributed by atoms with van der Waals surface area (Å²) >= 11 is 0. The molecular formula is C11H17N3O3. The van der Waals surface area contributed by atoms with E-state index in [4.69, 9.17) is 14.0 Å². The summed E-state index contributed by atoms with van der Waals surface area (Å²) in [7, 11) is 0. The summed E-state index contributed by atoms with van der Waals surface area (Å²) in [5.74, 6) is 1.22. The van der Waals surface area contributed by atoms with E-state index >= 15 is 0 Å². The van der Waals surface area contributed by atoms with Gasteiger partial charge in [0.1, 0.15) is 12.2 Å². The molecule has 2 fully saturated rings. The maximum atomic E-state index is 5.61. The van der Waals surface area contributed by atoms with Crippen LogP contribution in [0.15, 0.2) is 4.52 Å². The van der Waals surface area contributed by atoms with Gasteiger partial charge in [-0.25, -0.2) is 0 Å². The van der Waals surface area contributed by atoms with Crippen LogP contribution in [0.4, 0.5) is 0 Å². The monoisotopic (exact) mass is 239 g/mol. The quantitative estimate of drug-likeness (QED) is 0.829. The predicted molar refractivity (Wildman–Crippen MR) is 58.4 cm³/mol. The molecule has 2 saturated heterocycles. The van der Waals surface area contributed by atoms with Crippen molar-refractivity contribution in [2.45, 2.75) is 31.5 Å². The SMILES string of the molecule is C1CCC(c2nc(C3CNCCO3)no2)OC1. The number of nitrogens with one attached hydrogen (secondary N) is 1. The lowest BCUT2D eigenvalue weighted by atomic mass is 10.1. The van der Waals surface area contributed by atoms with Crippen molar-refractivity contribution < 1.29 is 14.0 Å². The van der Waals surface area contributed by atoms with Crippen molar-refractivity contribution in [3.8, 4) is 0 Å². The molecular weight excluding hydrogens is 222 g/mol. The Balaban J connectivity index is 1.68. The molecule has 2 aliphatic heterocycles. The average Bonchev–Trinajstić information content (AvgIpc) is 2.90. The van der Waals surface area contributed by atoms with Crippen LogP contribution in [0, 0.1) is 0 Å². The Bertz CT molecular complexity index is 324. The lowest BCUT2D eigenvalue weighted by Gasteiger charge is -2.20. The lowest BCUT2D eigenvalue weighted by molar-refractivity contribution is -0.00460. The zero-order valence-electron chi connectivity index (χ0n) is 9.72. The fourth-order valence-corrected chi connectivity index (χ4v) is 2.18. The van der Waals surface area contributed by atoms with E-state index in [1.807, 2.05) is 0 Å². The van der Waals surface area contributed by atoms with Crippen molar-refractivity contribution in [1.29, 1.82) is 0 Å². The first-order chi connectivity index (χ1) is 8.43. The lowest BCUT2D eigenvalue weighted by Crippen LogP contribution is -2.33. The molecule has 94 valence electrons. The Kier molecular flexibility index (Phi) is 3.35. The molecule has 0 aliphatic carbocycles. The second kappa shape index (κ2) is 5.12. The van der Waals surface area contributed by atoms with E-state index < -0.39 is 0 Å². The zero-order valence-corrected chi connectivity index (χ0v) is 9.72. The maximum Gasteiger partial charge on any atom is 0.255 e. The van der Waals surface area contributed by atoms with Gasteiger partial charge < -0.3 is 19.3 Å². The van der Waals surface area contributed by atoms with E-state index in [2.05, 4.69) is 15.5 Å². The van der Waals surface area contributed by atoms with Gasteiger partial charge in [-0.2, -0.15) is 4.98 Å². The third kappa shape index (κ3) is 2.48. The summed E-state index contributed by atoms with van der Waals surface area (Å²) in [5.41, 5.74) is 0. The summed E-state index contributed by atoms with van der Waals surface area (Å²) in [5, 5.41) is 7.23. The van der Waals surface area contributed by atoms with Crippen LogP contribution in [-0.2, 0) is 9.47 Å². The van der Waals surface area contributed by atoms with E-state index in [-0.39, 0.29) is 12.2 Å². The molecule has 0 bridgehead atoms. The van der Waals surface area contributed by atoms with Gasteiger partial charge in [0.2, 0.25) is 5.82 Å². The van der Waals surface area contributed by atoms with Gasteiger partial charge in [0, 0.05) is 19.7 Å². The number of nitrogens with zero attached hydrogens (tertiary/aromatic N) is 2. The summed E-state index contributed by atoms with van der Waals surface area (Å²) < 4.78 is 16.5. The minimum absolute atomic E-state index is 0.0263. The van der Waals surface area contributed by atoms with Crippen LogP contribution in [0.25, 0.3) is 0 Å². The van der Waals surface area contributed by atoms with Crippen molar-refractivity contribution in [2.75, 3.05) is 26.3 Å². The number of morpholine rings is 1. The van der Waals surface area contributed by atoms with E-state index in [9.17, 15) is 0 Å². The molecule has 0 amide bonds. The molecule has 2 unspecified atom stereocenters. The van der Waals surface area contributed by atoms with Gasteiger partial charge in [0.05, 0.1) is 6.61 Å². The molecule has 2 aliphatic rings. The molecule has 6 nitrogen and oxygen atoms in total. The number of ether oxygens (including phenoxy) is 2. The van der Waals surface area contributed by atoms with Crippen molar-refractivity contribution in [2.24, 2.45) is 0 Å². The highest BCUT2D eigenvalue weighted by atomic mass is 16.5. The second-order valence-electron chi connectivity index (χ2n) is 4.41. The van der Waals surface area contributed by atoms with E-state index in [0.29, 0.717) is 18.3 Å². The van der Waals surface area contributed by atoms with Crippen molar-refractivity contribution >= 4 is 0 Å². The molecule has 1 aromatic heterocycles. The number of hydrogen-bond acceptors (Lipinski definition) is 6. The fourth-order valence-electron chi connectivity index (χ4n) is 2.18. The van der Waals surface area contributed by atoms with Gasteiger partial charge in [0.15, 0.2) is 0 Å². The van der Waals surface area contributed by atoms with E-state index in [1.165, 1.54) is 0 Å². The number of rotatable bonds is 2. The van der Waals surface area contributed by atoms with Crippen molar-refractivity contribution in [3.63, 3.8) is 0 Å². The van der Waals surface area contributed by atoms with Gasteiger partial charge in [-0.1, -0.05) is 5.16 Å². The Labute approximate surface area is 99.7 Å². The summed E-state index contributed by atoms with van der Waals surface area (Å²) in [6.45, 7) is 3.09. The third-order valence-electron chi connectivity index (χ3n) is 3.13. The van der Waals surface area contributed by atoms with Crippen LogP contribution in [0.1, 0.15) is 43.2 Å². The van der Waals surface area contributed by atoms with Crippen LogP contribution >= 0.6 is 0 Å². The molecule has 2 atom stereocenters. The molecule has 3 heterocycles.